The van der Waals surface area contributed by atoms with E-state index in [1.54, 1.807) is 48.5 Å². The molecule has 0 unspecified atom stereocenters. The maximum absolute atomic E-state index is 13.5. The SMILES string of the molecule is CC[C@@H](C(=O)NC(C)(C)C)N(Cc1ccc(Cl)cc1Cl)C(=O)CCCN(c1ccccc1)S(C)(=O)=O. The fourth-order valence-corrected chi connectivity index (χ4v) is 5.24. The first-order chi connectivity index (χ1) is 16.7. The van der Waals surface area contributed by atoms with Gasteiger partial charge in [-0.2, -0.15) is 0 Å². The molecule has 2 rings (SSSR count). The molecule has 2 aromatic rings. The van der Waals surface area contributed by atoms with E-state index >= 15 is 0 Å². The molecule has 2 amide bonds. The summed E-state index contributed by atoms with van der Waals surface area (Å²) in [5.74, 6) is -0.524. The lowest BCUT2D eigenvalue weighted by molar-refractivity contribution is -0.142. The van der Waals surface area contributed by atoms with E-state index in [0.717, 1.165) is 6.26 Å². The smallest absolute Gasteiger partial charge is 0.243 e. The third kappa shape index (κ3) is 8.98. The van der Waals surface area contributed by atoms with Crippen LogP contribution in [0.15, 0.2) is 48.5 Å². The molecule has 0 bridgehead atoms. The number of carbonyl (C=O) groups excluding carboxylic acids is 2. The van der Waals surface area contributed by atoms with Crippen LogP contribution in [0.4, 0.5) is 5.69 Å². The Kier molecular flexibility index (Phi) is 10.6. The molecule has 0 heterocycles. The van der Waals surface area contributed by atoms with Crippen LogP contribution in [0.5, 0.6) is 0 Å². The average molecular weight is 557 g/mol. The van der Waals surface area contributed by atoms with Gasteiger partial charge in [0.05, 0.1) is 11.9 Å². The van der Waals surface area contributed by atoms with Crippen LogP contribution in [-0.2, 0) is 26.2 Å². The van der Waals surface area contributed by atoms with E-state index in [-0.39, 0.29) is 37.7 Å². The number of halogens is 2. The van der Waals surface area contributed by atoms with Gasteiger partial charge in [0.2, 0.25) is 21.8 Å². The van der Waals surface area contributed by atoms with E-state index in [1.165, 1.54) is 9.21 Å². The summed E-state index contributed by atoms with van der Waals surface area (Å²) < 4.78 is 26.0. The first kappa shape index (κ1) is 29.9. The molecule has 0 aliphatic rings. The zero-order valence-electron chi connectivity index (χ0n) is 21.4. The normalized spacial score (nSPS) is 12.6. The minimum Gasteiger partial charge on any atom is -0.350 e. The number of nitrogens with zero attached hydrogens (tertiary/aromatic N) is 2. The summed E-state index contributed by atoms with van der Waals surface area (Å²) in [6.45, 7) is 7.74. The Bertz CT molecular complexity index is 1150. The van der Waals surface area contributed by atoms with E-state index in [2.05, 4.69) is 5.32 Å². The number of hydrogen-bond donors (Lipinski definition) is 1. The van der Waals surface area contributed by atoms with Crippen molar-refractivity contribution >= 4 is 50.7 Å². The molecule has 7 nitrogen and oxygen atoms in total. The Labute approximate surface area is 224 Å². The van der Waals surface area contributed by atoms with E-state index in [0.29, 0.717) is 27.7 Å². The number of nitrogens with one attached hydrogen (secondary N) is 1. The van der Waals surface area contributed by atoms with Crippen LogP contribution in [0.3, 0.4) is 0 Å². The van der Waals surface area contributed by atoms with Crippen molar-refractivity contribution in [2.45, 2.75) is 65.1 Å². The summed E-state index contributed by atoms with van der Waals surface area (Å²) in [5.41, 5.74) is 0.731. The molecule has 1 N–H and O–H groups in total. The Hall–Kier alpha value is -2.29. The molecule has 0 spiro atoms. The number of sulfonamides is 1. The standard InChI is InChI=1S/C26H35Cl2N3O4S/c1-6-23(25(33)29-26(2,3)4)30(18-19-14-15-20(27)17-22(19)28)24(32)13-10-16-31(36(5,34)35)21-11-8-7-9-12-21/h7-9,11-12,14-15,17,23H,6,10,13,16,18H2,1-5H3,(H,29,33)/t23-/m0/s1. The van der Waals surface area contributed by atoms with E-state index in [1.807, 2.05) is 27.7 Å². The number of hydrogen-bond acceptors (Lipinski definition) is 4. The predicted octanol–water partition coefficient (Wildman–Crippen LogP) is 5.26. The molecule has 2 aromatic carbocycles. The van der Waals surface area contributed by atoms with Crippen molar-refractivity contribution in [1.82, 2.24) is 10.2 Å². The van der Waals surface area contributed by atoms with Crippen molar-refractivity contribution in [3.8, 4) is 0 Å². The molecule has 0 fully saturated rings. The van der Waals surface area contributed by atoms with Crippen molar-refractivity contribution in [3.63, 3.8) is 0 Å². The number of benzene rings is 2. The predicted molar refractivity (Wildman–Crippen MR) is 147 cm³/mol. The second-order valence-corrected chi connectivity index (χ2v) is 12.4. The maximum Gasteiger partial charge on any atom is 0.243 e. The van der Waals surface area contributed by atoms with Crippen LogP contribution in [-0.4, -0.2) is 49.5 Å². The molecule has 0 aliphatic carbocycles. The monoisotopic (exact) mass is 555 g/mol. The minimum absolute atomic E-state index is 0.0589. The van der Waals surface area contributed by atoms with Crippen LogP contribution in [0.25, 0.3) is 0 Å². The number of para-hydroxylation sites is 1. The molecular formula is C26H35Cl2N3O4S. The maximum atomic E-state index is 13.5. The van der Waals surface area contributed by atoms with Crippen LogP contribution in [0.1, 0.15) is 52.5 Å². The molecule has 0 saturated carbocycles. The molecule has 0 saturated heterocycles. The number of carbonyl (C=O) groups is 2. The summed E-state index contributed by atoms with van der Waals surface area (Å²) in [4.78, 5) is 28.1. The van der Waals surface area contributed by atoms with Gasteiger partial charge in [-0.05, 0) is 63.4 Å². The first-order valence-electron chi connectivity index (χ1n) is 11.8. The van der Waals surface area contributed by atoms with Crippen LogP contribution >= 0.6 is 23.2 Å². The van der Waals surface area contributed by atoms with E-state index in [9.17, 15) is 18.0 Å². The van der Waals surface area contributed by atoms with Crippen LogP contribution in [0.2, 0.25) is 10.0 Å². The lowest BCUT2D eigenvalue weighted by Gasteiger charge is -2.33. The quantitative estimate of drug-likeness (QED) is 0.409. The summed E-state index contributed by atoms with van der Waals surface area (Å²) >= 11 is 12.4. The highest BCUT2D eigenvalue weighted by Gasteiger charge is 2.31. The second kappa shape index (κ2) is 12.8. The van der Waals surface area contributed by atoms with Crippen molar-refractivity contribution in [1.29, 1.82) is 0 Å². The van der Waals surface area contributed by atoms with Gasteiger partial charge in [0.25, 0.3) is 0 Å². The highest BCUT2D eigenvalue weighted by molar-refractivity contribution is 7.92. The highest BCUT2D eigenvalue weighted by atomic mass is 35.5. The zero-order valence-corrected chi connectivity index (χ0v) is 23.8. The average Bonchev–Trinajstić information content (AvgIpc) is 2.76. The third-order valence-electron chi connectivity index (χ3n) is 5.44. The van der Waals surface area contributed by atoms with Gasteiger partial charge in [-0.3, -0.25) is 13.9 Å². The fraction of sp³-hybridized carbons (Fsp3) is 0.462. The fourth-order valence-electron chi connectivity index (χ4n) is 3.80. The van der Waals surface area contributed by atoms with Gasteiger partial charge in [-0.1, -0.05) is 54.4 Å². The molecule has 1 atom stereocenters. The van der Waals surface area contributed by atoms with Gasteiger partial charge in [0.1, 0.15) is 6.04 Å². The third-order valence-corrected chi connectivity index (χ3v) is 7.22. The molecule has 0 aliphatic heterocycles. The van der Waals surface area contributed by atoms with Gasteiger partial charge in [-0.15, -0.1) is 0 Å². The van der Waals surface area contributed by atoms with Gasteiger partial charge < -0.3 is 10.2 Å². The van der Waals surface area contributed by atoms with Crippen molar-refractivity contribution < 1.29 is 18.0 Å². The Morgan fingerprint density at radius 1 is 1.06 bits per heavy atom. The van der Waals surface area contributed by atoms with E-state index in [4.69, 9.17) is 23.2 Å². The Morgan fingerprint density at radius 2 is 1.69 bits per heavy atom. The van der Waals surface area contributed by atoms with Crippen LogP contribution in [0, 0.1) is 0 Å². The Balaban J connectivity index is 2.26. The molecular weight excluding hydrogens is 521 g/mol. The van der Waals surface area contributed by atoms with Gasteiger partial charge in [-0.25, -0.2) is 8.42 Å². The highest BCUT2D eigenvalue weighted by Crippen LogP contribution is 2.25. The summed E-state index contributed by atoms with van der Waals surface area (Å²) in [5, 5.41) is 3.83. The molecule has 10 heteroatoms. The first-order valence-corrected chi connectivity index (χ1v) is 14.4. The van der Waals surface area contributed by atoms with Crippen LogP contribution < -0.4 is 9.62 Å². The lowest BCUT2D eigenvalue weighted by atomic mass is 10.0. The van der Waals surface area contributed by atoms with Gasteiger partial charge >= 0.3 is 0 Å². The largest absolute Gasteiger partial charge is 0.350 e. The summed E-state index contributed by atoms with van der Waals surface area (Å²) in [6.07, 6.45) is 1.88. The summed E-state index contributed by atoms with van der Waals surface area (Å²) in [7, 11) is -3.53. The second-order valence-electron chi connectivity index (χ2n) is 9.69. The molecule has 0 aromatic heterocycles. The van der Waals surface area contributed by atoms with Gasteiger partial charge in [0, 0.05) is 35.1 Å². The number of rotatable bonds is 11. The zero-order chi connectivity index (χ0) is 27.1. The topological polar surface area (TPSA) is 86.8 Å². The Morgan fingerprint density at radius 3 is 2.22 bits per heavy atom. The van der Waals surface area contributed by atoms with E-state index < -0.39 is 21.6 Å². The van der Waals surface area contributed by atoms with Crippen molar-refractivity contribution in [3.05, 3.63) is 64.1 Å². The van der Waals surface area contributed by atoms with Gasteiger partial charge in [0.15, 0.2) is 0 Å². The number of amides is 2. The lowest BCUT2D eigenvalue weighted by Crippen LogP contribution is -2.53. The molecule has 198 valence electrons. The summed E-state index contributed by atoms with van der Waals surface area (Å²) in [6, 6.07) is 13.0. The molecule has 36 heavy (non-hydrogen) atoms. The minimum atomic E-state index is -3.53. The van der Waals surface area contributed by atoms with Crippen molar-refractivity contribution in [2.24, 2.45) is 0 Å². The van der Waals surface area contributed by atoms with Crippen molar-refractivity contribution in [2.75, 3.05) is 17.1 Å². The number of anilines is 1. The molecule has 0 radical (unpaired) electrons.